The van der Waals surface area contributed by atoms with Gasteiger partial charge in [-0.05, 0) is 120 Å². The molecule has 10 heteroatoms. The van der Waals surface area contributed by atoms with Gasteiger partial charge in [-0.25, -0.2) is 0 Å². The van der Waals surface area contributed by atoms with E-state index in [0.717, 1.165) is 54.6 Å². The second-order valence-corrected chi connectivity index (χ2v) is 14.9. The minimum absolute atomic E-state index is 0.828. The average molecular weight is 670 g/mol. The van der Waals surface area contributed by atoms with Crippen LogP contribution in [0.1, 0.15) is 50.1 Å². The number of benzene rings is 3. The van der Waals surface area contributed by atoms with Crippen LogP contribution in [0.2, 0.25) is 0 Å². The number of rotatable bonds is 6. The Labute approximate surface area is 292 Å². The molecule has 6 rings (SSSR count). The molecule has 46 heavy (non-hydrogen) atoms. The van der Waals surface area contributed by atoms with Crippen LogP contribution in [-0.4, -0.2) is 76.2 Å². The largest absolute Gasteiger partial charge is 0.574 e. The number of nitrogens with zero attached hydrogens (tertiary/aromatic N) is 6. The Morgan fingerprint density at radius 2 is 0.739 bits per heavy atom. The van der Waals surface area contributed by atoms with E-state index in [1.165, 1.54) is 67.1 Å². The summed E-state index contributed by atoms with van der Waals surface area (Å²) in [6, 6.07) is 13.6. The smallest absolute Gasteiger partial charge is 0.486 e. The zero-order valence-electron chi connectivity index (χ0n) is 28.8. The maximum Gasteiger partial charge on any atom is 0.574 e. The predicted octanol–water partition coefficient (Wildman–Crippen LogP) is 6.15. The molecule has 3 aromatic carbocycles. The van der Waals surface area contributed by atoms with Crippen LogP contribution >= 0.6 is 24.4 Å². The van der Waals surface area contributed by atoms with E-state index in [4.69, 9.17) is 36.7 Å². The molecule has 0 aromatic heterocycles. The fourth-order valence-electron chi connectivity index (χ4n) is 8.57. The summed E-state index contributed by atoms with van der Waals surface area (Å²) < 4.78 is 0. The van der Waals surface area contributed by atoms with Gasteiger partial charge in [-0.15, -0.1) is 0 Å². The van der Waals surface area contributed by atoms with Crippen molar-refractivity contribution in [2.24, 2.45) is 0 Å². The summed E-state index contributed by atoms with van der Waals surface area (Å²) in [5.74, 6) is 0. The Kier molecular flexibility index (Phi) is 8.85. The third-order valence-corrected chi connectivity index (χ3v) is 11.5. The first kappa shape index (κ1) is 32.7. The Morgan fingerprint density at radius 3 is 1.09 bits per heavy atom. The highest BCUT2D eigenvalue weighted by Gasteiger charge is 2.45. The lowest BCUT2D eigenvalue weighted by Crippen LogP contribution is -2.65. The van der Waals surface area contributed by atoms with E-state index in [1.54, 1.807) is 0 Å². The zero-order chi connectivity index (χ0) is 33.2. The van der Waals surface area contributed by atoms with Crippen LogP contribution in [0.25, 0.3) is 0 Å². The highest BCUT2D eigenvalue weighted by Crippen LogP contribution is 2.35. The average Bonchev–Trinajstić information content (AvgIpc) is 3.62. The van der Waals surface area contributed by atoms with E-state index in [-0.39, 0.29) is 0 Å². The van der Waals surface area contributed by atoms with E-state index in [2.05, 4.69) is 128 Å². The third kappa shape index (κ3) is 5.56. The second kappa shape index (κ2) is 12.4. The molecule has 3 aromatic rings. The summed E-state index contributed by atoms with van der Waals surface area (Å²) >= 11 is 19.2. The molecule has 3 saturated heterocycles. The van der Waals surface area contributed by atoms with Crippen LogP contribution in [0, 0.1) is 62.3 Å². The Morgan fingerprint density at radius 1 is 0.457 bits per heavy atom. The molecule has 0 bridgehead atoms. The summed E-state index contributed by atoms with van der Waals surface area (Å²) in [7, 11) is -1.42. The topological polar surface area (TPSA) is 19.4 Å². The molecule has 0 amide bonds. The van der Waals surface area contributed by atoms with Gasteiger partial charge in [-0.2, -0.15) is 0 Å². The van der Waals surface area contributed by atoms with Gasteiger partial charge in [0.05, 0.1) is 5.69 Å². The Balaban J connectivity index is 1.39. The van der Waals surface area contributed by atoms with Crippen LogP contribution in [0.15, 0.2) is 36.4 Å². The van der Waals surface area contributed by atoms with Crippen molar-refractivity contribution in [3.8, 4) is 0 Å². The van der Waals surface area contributed by atoms with E-state index < -0.39 is 7.12 Å². The van der Waals surface area contributed by atoms with E-state index in [9.17, 15) is 0 Å². The van der Waals surface area contributed by atoms with Crippen LogP contribution < -0.4 is 14.7 Å². The highest BCUT2D eigenvalue weighted by atomic mass is 32.1. The van der Waals surface area contributed by atoms with Gasteiger partial charge in [-0.1, -0.05) is 53.1 Å². The van der Waals surface area contributed by atoms with Crippen molar-refractivity contribution in [2.75, 3.05) is 54.0 Å². The van der Waals surface area contributed by atoms with Crippen molar-refractivity contribution in [1.29, 1.82) is 0 Å². The van der Waals surface area contributed by atoms with Gasteiger partial charge in [-0.3, -0.25) is 4.90 Å². The SMILES string of the molecule is Cc1cc(C)c(N2CCN([BH-](N3CCN(c4c(C)cc(C)cc4C)C3=S)N3CCN(c4c(C)cc(C)cc4C)C3=[S+])C2=S)c(C)c1. The minimum atomic E-state index is -1.42. The first-order valence-electron chi connectivity index (χ1n) is 16.4. The fourth-order valence-corrected chi connectivity index (χ4v) is 9.74. The first-order valence-corrected chi connectivity index (χ1v) is 17.7. The maximum absolute atomic E-state index is 6.38. The van der Waals surface area contributed by atoms with Crippen LogP contribution in [-0.2, 0) is 12.2 Å². The first-order chi connectivity index (χ1) is 21.8. The van der Waals surface area contributed by atoms with E-state index >= 15 is 0 Å². The summed E-state index contributed by atoms with van der Waals surface area (Å²) in [6.45, 7) is 24.7. The molecule has 241 valence electrons. The van der Waals surface area contributed by atoms with Crippen molar-refractivity contribution in [3.05, 3.63) is 86.5 Å². The number of hydrogen-bond donors (Lipinski definition) is 0. The van der Waals surface area contributed by atoms with Crippen LogP contribution in [0.3, 0.4) is 0 Å². The Bertz CT molecular complexity index is 1500. The zero-order valence-corrected chi connectivity index (χ0v) is 31.3. The predicted molar refractivity (Wildman–Crippen MR) is 209 cm³/mol. The van der Waals surface area contributed by atoms with Gasteiger partial charge in [0.2, 0.25) is 0 Å². The fraction of sp³-hybridized carbons (Fsp3) is 0.417. The monoisotopic (exact) mass is 669 g/mol. The van der Waals surface area contributed by atoms with Gasteiger partial charge in [0.1, 0.15) is 10.2 Å². The molecule has 0 aliphatic carbocycles. The molecule has 0 atom stereocenters. The summed E-state index contributed by atoms with van der Waals surface area (Å²) in [4.78, 5) is 14.4. The summed E-state index contributed by atoms with van der Waals surface area (Å²) in [5, 5.41) is 2.59. The molecule has 3 aliphatic heterocycles. The Hall–Kier alpha value is -3.21. The lowest BCUT2D eigenvalue weighted by molar-refractivity contribution is 0.494. The normalized spacial score (nSPS) is 17.2. The quantitative estimate of drug-likeness (QED) is 0.174. The van der Waals surface area contributed by atoms with Crippen LogP contribution in [0.4, 0.5) is 17.1 Å². The molecule has 3 heterocycles. The van der Waals surface area contributed by atoms with E-state index in [1.807, 2.05) is 0 Å². The maximum atomic E-state index is 6.38. The third-order valence-electron chi connectivity index (χ3n) is 10.0. The van der Waals surface area contributed by atoms with Gasteiger partial charge in [0, 0.05) is 50.6 Å². The number of aryl methyl sites for hydroxylation is 9. The summed E-state index contributed by atoms with van der Waals surface area (Å²) in [6.07, 6.45) is 0. The highest BCUT2D eigenvalue weighted by molar-refractivity contribution is 7.81. The number of anilines is 3. The molecule has 3 aliphatic rings. The molecular formula is C36H46BN6S3. The molecule has 0 spiro atoms. The molecule has 6 nitrogen and oxygen atoms in total. The van der Waals surface area contributed by atoms with Crippen molar-refractivity contribution in [2.45, 2.75) is 62.3 Å². The molecular weight excluding hydrogens is 623 g/mol. The lowest BCUT2D eigenvalue weighted by Gasteiger charge is -2.49. The minimum Gasteiger partial charge on any atom is -0.486 e. The number of hydrogen-bond acceptors (Lipinski definition) is 3. The van der Waals surface area contributed by atoms with Crippen molar-refractivity contribution >= 4 is 76.2 Å². The molecule has 0 N–H and O–H groups in total. The molecule has 0 unspecified atom stereocenters. The second-order valence-electron chi connectivity index (χ2n) is 13.8. The van der Waals surface area contributed by atoms with Crippen molar-refractivity contribution in [1.82, 2.24) is 14.4 Å². The summed E-state index contributed by atoms with van der Waals surface area (Å²) in [5.41, 5.74) is 15.1. The molecule has 3 fully saturated rings. The van der Waals surface area contributed by atoms with Gasteiger partial charge in [0.15, 0.2) is 0 Å². The van der Waals surface area contributed by atoms with Gasteiger partial charge < -0.3 is 24.2 Å². The van der Waals surface area contributed by atoms with Crippen molar-refractivity contribution in [3.63, 3.8) is 0 Å². The number of thiocarbonyl (C=S) groups is 3. The van der Waals surface area contributed by atoms with Crippen LogP contribution in [0.5, 0.6) is 0 Å². The molecule has 0 saturated carbocycles. The van der Waals surface area contributed by atoms with Gasteiger partial charge >= 0.3 is 17.3 Å². The van der Waals surface area contributed by atoms with E-state index in [0.29, 0.717) is 0 Å². The van der Waals surface area contributed by atoms with Crippen molar-refractivity contribution < 1.29 is 0 Å². The molecule has 1 radical (unpaired) electrons. The lowest BCUT2D eigenvalue weighted by atomic mass is 9.84. The van der Waals surface area contributed by atoms with Gasteiger partial charge in [0.25, 0.3) is 7.12 Å². The standard InChI is InChI=1S/C36H46BN6S3/c1-22-16-25(4)31(26(5)17-22)38-10-13-41(34(38)44)37(42-14-11-39(35(42)45)32-27(6)18-23(2)19-28(32)7)43-15-12-40(36(43)46)33-29(8)20-24(3)21-30(33)9/h16-21,37H,10-15H2,1-9H3.